The van der Waals surface area contributed by atoms with Crippen molar-refractivity contribution < 1.29 is 8.42 Å². The monoisotopic (exact) mass is 268 g/mol. The number of nitrogens with one attached hydrogen (secondary N) is 1. The first kappa shape index (κ1) is 13.5. The maximum absolute atomic E-state index is 11.8. The molecule has 1 N–H and O–H groups in total. The molecule has 100 valence electrons. The Kier molecular flexibility index (Phi) is 4.74. The molecule has 0 atom stereocenters. The molecule has 0 unspecified atom stereocenters. The van der Waals surface area contributed by atoms with E-state index < -0.39 is 10.0 Å². The van der Waals surface area contributed by atoms with Crippen LogP contribution in [0.4, 0.5) is 0 Å². The Morgan fingerprint density at radius 3 is 2.44 bits per heavy atom. The Bertz CT molecular complexity index is 453. The van der Waals surface area contributed by atoms with Gasteiger partial charge in [0.15, 0.2) is 0 Å². The van der Waals surface area contributed by atoms with Crippen LogP contribution in [0.1, 0.15) is 18.4 Å². The Hall–Kier alpha value is -0.910. The van der Waals surface area contributed by atoms with E-state index >= 15 is 0 Å². The SMILES string of the molecule is O=S(=O)(Cc1ccccc1)NCCN1CCCC1. The van der Waals surface area contributed by atoms with Gasteiger partial charge in [0.05, 0.1) is 5.75 Å². The molecule has 0 radical (unpaired) electrons. The minimum atomic E-state index is -3.20. The Morgan fingerprint density at radius 2 is 1.78 bits per heavy atom. The van der Waals surface area contributed by atoms with Crippen molar-refractivity contribution in [2.75, 3.05) is 26.2 Å². The van der Waals surface area contributed by atoms with Crippen molar-refractivity contribution in [2.45, 2.75) is 18.6 Å². The van der Waals surface area contributed by atoms with Crippen LogP contribution in [0.2, 0.25) is 0 Å². The Labute approximate surface area is 109 Å². The molecule has 1 aromatic carbocycles. The molecule has 1 saturated heterocycles. The molecule has 1 aromatic rings. The lowest BCUT2D eigenvalue weighted by Gasteiger charge is -2.14. The third-order valence-corrected chi connectivity index (χ3v) is 4.51. The van der Waals surface area contributed by atoms with Crippen LogP contribution in [0.3, 0.4) is 0 Å². The van der Waals surface area contributed by atoms with Gasteiger partial charge < -0.3 is 4.90 Å². The predicted octanol–water partition coefficient (Wildman–Crippen LogP) is 1.20. The van der Waals surface area contributed by atoms with Gasteiger partial charge in [0, 0.05) is 13.1 Å². The number of hydrogen-bond acceptors (Lipinski definition) is 3. The van der Waals surface area contributed by atoms with Gasteiger partial charge in [-0.05, 0) is 31.5 Å². The predicted molar refractivity (Wildman–Crippen MR) is 72.7 cm³/mol. The largest absolute Gasteiger partial charge is 0.302 e. The van der Waals surface area contributed by atoms with Crippen LogP contribution in [0.15, 0.2) is 30.3 Å². The van der Waals surface area contributed by atoms with Crippen molar-refractivity contribution in [2.24, 2.45) is 0 Å². The summed E-state index contributed by atoms with van der Waals surface area (Å²) in [6.45, 7) is 3.52. The van der Waals surface area contributed by atoms with Crippen molar-refractivity contribution in [1.82, 2.24) is 9.62 Å². The maximum Gasteiger partial charge on any atom is 0.215 e. The molecule has 0 bridgehead atoms. The normalized spacial score (nSPS) is 17.1. The van der Waals surface area contributed by atoms with Gasteiger partial charge in [0.2, 0.25) is 10.0 Å². The molecule has 0 spiro atoms. The molecule has 0 aliphatic carbocycles. The second-order valence-corrected chi connectivity index (χ2v) is 6.49. The second-order valence-electron chi connectivity index (χ2n) is 4.69. The van der Waals surface area contributed by atoms with Gasteiger partial charge in [-0.25, -0.2) is 13.1 Å². The van der Waals surface area contributed by atoms with Crippen LogP contribution in [-0.2, 0) is 15.8 Å². The third-order valence-electron chi connectivity index (χ3n) is 3.15. The van der Waals surface area contributed by atoms with E-state index in [0.717, 1.165) is 25.2 Å². The summed E-state index contributed by atoms with van der Waals surface area (Å²) in [7, 11) is -3.20. The highest BCUT2D eigenvalue weighted by Crippen LogP contribution is 2.06. The van der Waals surface area contributed by atoms with Crippen LogP contribution in [0.25, 0.3) is 0 Å². The van der Waals surface area contributed by atoms with Crippen molar-refractivity contribution in [3.8, 4) is 0 Å². The van der Waals surface area contributed by atoms with Gasteiger partial charge in [-0.2, -0.15) is 0 Å². The van der Waals surface area contributed by atoms with E-state index in [-0.39, 0.29) is 5.75 Å². The van der Waals surface area contributed by atoms with Crippen molar-refractivity contribution in [3.05, 3.63) is 35.9 Å². The first-order chi connectivity index (χ1) is 8.66. The van der Waals surface area contributed by atoms with Crippen LogP contribution in [0.5, 0.6) is 0 Å². The molecule has 5 heteroatoms. The van der Waals surface area contributed by atoms with E-state index in [9.17, 15) is 8.42 Å². The molecule has 1 heterocycles. The zero-order chi connectivity index (χ0) is 12.8. The summed E-state index contributed by atoms with van der Waals surface area (Å²) in [6, 6.07) is 9.26. The summed E-state index contributed by atoms with van der Waals surface area (Å²) >= 11 is 0. The highest BCUT2D eigenvalue weighted by atomic mass is 32.2. The fraction of sp³-hybridized carbons (Fsp3) is 0.538. The standard InChI is InChI=1S/C13H20N2O2S/c16-18(17,12-13-6-2-1-3-7-13)14-8-11-15-9-4-5-10-15/h1-3,6-7,14H,4-5,8-12H2. The lowest BCUT2D eigenvalue weighted by molar-refractivity contribution is 0.344. The molecule has 1 fully saturated rings. The molecule has 4 nitrogen and oxygen atoms in total. The fourth-order valence-electron chi connectivity index (χ4n) is 2.21. The van der Waals surface area contributed by atoms with Gasteiger partial charge in [-0.3, -0.25) is 0 Å². The highest BCUT2D eigenvalue weighted by molar-refractivity contribution is 7.88. The minimum Gasteiger partial charge on any atom is -0.302 e. The third kappa shape index (κ3) is 4.40. The summed E-state index contributed by atoms with van der Waals surface area (Å²) in [5.41, 5.74) is 0.825. The number of nitrogens with zero attached hydrogens (tertiary/aromatic N) is 1. The van der Waals surface area contributed by atoms with E-state index in [1.165, 1.54) is 12.8 Å². The van der Waals surface area contributed by atoms with Crippen molar-refractivity contribution in [1.29, 1.82) is 0 Å². The van der Waals surface area contributed by atoms with Crippen molar-refractivity contribution in [3.63, 3.8) is 0 Å². The van der Waals surface area contributed by atoms with Gasteiger partial charge in [0.1, 0.15) is 0 Å². The number of benzene rings is 1. The second kappa shape index (κ2) is 6.31. The zero-order valence-corrected chi connectivity index (χ0v) is 11.3. The molecule has 0 saturated carbocycles. The quantitative estimate of drug-likeness (QED) is 0.843. The minimum absolute atomic E-state index is 0.0633. The first-order valence-corrected chi connectivity index (χ1v) is 8.04. The van der Waals surface area contributed by atoms with E-state index in [0.29, 0.717) is 6.54 Å². The van der Waals surface area contributed by atoms with E-state index in [1.807, 2.05) is 30.3 Å². The molecule has 1 aliphatic heterocycles. The summed E-state index contributed by atoms with van der Waals surface area (Å²) in [5, 5.41) is 0. The summed E-state index contributed by atoms with van der Waals surface area (Å²) < 4.78 is 26.4. The topological polar surface area (TPSA) is 49.4 Å². The first-order valence-electron chi connectivity index (χ1n) is 6.39. The molecule has 2 rings (SSSR count). The number of likely N-dealkylation sites (tertiary alicyclic amines) is 1. The van der Waals surface area contributed by atoms with Crippen LogP contribution in [-0.4, -0.2) is 39.5 Å². The van der Waals surface area contributed by atoms with E-state index in [1.54, 1.807) is 0 Å². The van der Waals surface area contributed by atoms with Gasteiger partial charge in [-0.1, -0.05) is 30.3 Å². The molecular formula is C13H20N2O2S. The summed E-state index contributed by atoms with van der Waals surface area (Å²) in [6.07, 6.45) is 2.47. The van der Waals surface area contributed by atoms with Gasteiger partial charge >= 0.3 is 0 Å². The molecular weight excluding hydrogens is 248 g/mol. The molecule has 18 heavy (non-hydrogen) atoms. The zero-order valence-electron chi connectivity index (χ0n) is 10.5. The van der Waals surface area contributed by atoms with Crippen LogP contribution >= 0.6 is 0 Å². The average molecular weight is 268 g/mol. The molecule has 1 aliphatic rings. The number of rotatable bonds is 6. The Balaban J connectivity index is 1.77. The molecule has 0 aromatic heterocycles. The smallest absolute Gasteiger partial charge is 0.215 e. The lowest BCUT2D eigenvalue weighted by atomic mass is 10.2. The van der Waals surface area contributed by atoms with Gasteiger partial charge in [-0.15, -0.1) is 0 Å². The van der Waals surface area contributed by atoms with Crippen molar-refractivity contribution >= 4 is 10.0 Å². The average Bonchev–Trinajstić information content (AvgIpc) is 2.82. The van der Waals surface area contributed by atoms with E-state index in [4.69, 9.17) is 0 Å². The number of sulfonamides is 1. The number of hydrogen-bond donors (Lipinski definition) is 1. The highest BCUT2D eigenvalue weighted by Gasteiger charge is 2.14. The van der Waals surface area contributed by atoms with Crippen LogP contribution in [0, 0.1) is 0 Å². The van der Waals surface area contributed by atoms with E-state index in [2.05, 4.69) is 9.62 Å². The maximum atomic E-state index is 11.8. The summed E-state index contributed by atoms with van der Waals surface area (Å²) in [5.74, 6) is 0.0633. The van der Waals surface area contributed by atoms with Crippen LogP contribution < -0.4 is 4.72 Å². The fourth-order valence-corrected chi connectivity index (χ4v) is 3.35. The lowest BCUT2D eigenvalue weighted by Crippen LogP contribution is -2.34. The molecule has 0 amide bonds. The summed E-state index contributed by atoms with van der Waals surface area (Å²) in [4.78, 5) is 2.30. The Morgan fingerprint density at radius 1 is 1.11 bits per heavy atom. The van der Waals surface area contributed by atoms with Gasteiger partial charge in [0.25, 0.3) is 0 Å².